The van der Waals surface area contributed by atoms with Crippen LogP contribution in [0, 0.1) is 11.8 Å². The van der Waals surface area contributed by atoms with Crippen LogP contribution in [-0.4, -0.2) is 12.6 Å². The topological polar surface area (TPSA) is 26.3 Å². The first-order valence-corrected chi connectivity index (χ1v) is 7.75. The van der Waals surface area contributed by atoms with E-state index < -0.39 is 0 Å². The van der Waals surface area contributed by atoms with Gasteiger partial charge in [-0.25, -0.2) is 0 Å². The Morgan fingerprint density at radius 3 is 2.28 bits per heavy atom. The van der Waals surface area contributed by atoms with Gasteiger partial charge in [0.25, 0.3) is 0 Å². The number of unbranched alkanes of at least 4 members (excludes halogenated alkanes) is 2. The van der Waals surface area contributed by atoms with Gasteiger partial charge in [-0.2, -0.15) is 0 Å². The first-order valence-electron chi connectivity index (χ1n) is 7.75. The SMILES string of the molecule is CCCCCC(CCC)COC(=O)CCC(C)C. The van der Waals surface area contributed by atoms with Gasteiger partial charge in [0.2, 0.25) is 0 Å². The van der Waals surface area contributed by atoms with Gasteiger partial charge in [0, 0.05) is 6.42 Å². The molecular weight excluding hydrogens is 224 g/mol. The van der Waals surface area contributed by atoms with Crippen molar-refractivity contribution in [2.75, 3.05) is 6.61 Å². The number of rotatable bonds is 11. The zero-order chi connectivity index (χ0) is 13.8. The van der Waals surface area contributed by atoms with E-state index in [-0.39, 0.29) is 5.97 Å². The highest BCUT2D eigenvalue weighted by atomic mass is 16.5. The largest absolute Gasteiger partial charge is 0.465 e. The van der Waals surface area contributed by atoms with E-state index in [1.54, 1.807) is 0 Å². The lowest BCUT2D eigenvalue weighted by Gasteiger charge is -2.16. The third kappa shape index (κ3) is 10.6. The van der Waals surface area contributed by atoms with E-state index in [2.05, 4.69) is 27.7 Å². The van der Waals surface area contributed by atoms with E-state index in [0.717, 1.165) is 6.42 Å². The second-order valence-electron chi connectivity index (χ2n) is 5.77. The molecule has 1 unspecified atom stereocenters. The average molecular weight is 256 g/mol. The van der Waals surface area contributed by atoms with E-state index in [1.165, 1.54) is 38.5 Å². The van der Waals surface area contributed by atoms with E-state index in [9.17, 15) is 4.79 Å². The molecular formula is C16H32O2. The first-order chi connectivity index (χ1) is 8.60. The molecule has 0 aromatic heterocycles. The Hall–Kier alpha value is -0.530. The fourth-order valence-electron chi connectivity index (χ4n) is 2.09. The molecule has 18 heavy (non-hydrogen) atoms. The van der Waals surface area contributed by atoms with Crippen LogP contribution in [-0.2, 0) is 9.53 Å². The molecule has 1 atom stereocenters. The van der Waals surface area contributed by atoms with Crippen molar-refractivity contribution in [1.82, 2.24) is 0 Å². The molecule has 0 aliphatic heterocycles. The lowest BCUT2D eigenvalue weighted by molar-refractivity contribution is -0.145. The number of hydrogen-bond acceptors (Lipinski definition) is 2. The summed E-state index contributed by atoms with van der Waals surface area (Å²) in [6, 6.07) is 0. The van der Waals surface area contributed by atoms with Gasteiger partial charge >= 0.3 is 5.97 Å². The lowest BCUT2D eigenvalue weighted by atomic mass is 9.97. The van der Waals surface area contributed by atoms with Gasteiger partial charge in [-0.1, -0.05) is 53.4 Å². The Morgan fingerprint density at radius 1 is 1.00 bits per heavy atom. The van der Waals surface area contributed by atoms with Gasteiger partial charge in [-0.15, -0.1) is 0 Å². The third-order valence-electron chi connectivity index (χ3n) is 3.32. The number of ether oxygens (including phenoxy) is 1. The van der Waals surface area contributed by atoms with Crippen LogP contribution < -0.4 is 0 Å². The predicted octanol–water partition coefficient (Wildman–Crippen LogP) is 4.96. The summed E-state index contributed by atoms with van der Waals surface area (Å²) in [6.07, 6.45) is 8.90. The van der Waals surface area contributed by atoms with Crippen LogP contribution in [0.5, 0.6) is 0 Å². The number of carbonyl (C=O) groups is 1. The molecule has 0 saturated heterocycles. The molecule has 0 fully saturated rings. The quantitative estimate of drug-likeness (QED) is 0.385. The molecule has 0 aromatic carbocycles. The molecule has 0 radical (unpaired) electrons. The molecule has 108 valence electrons. The predicted molar refractivity (Wildman–Crippen MR) is 77.6 cm³/mol. The van der Waals surface area contributed by atoms with Gasteiger partial charge in [0.15, 0.2) is 0 Å². The molecule has 0 aliphatic rings. The average Bonchev–Trinajstić information content (AvgIpc) is 2.33. The fraction of sp³-hybridized carbons (Fsp3) is 0.938. The van der Waals surface area contributed by atoms with Crippen molar-refractivity contribution in [2.45, 2.75) is 79.1 Å². The zero-order valence-corrected chi connectivity index (χ0v) is 12.8. The normalized spacial score (nSPS) is 12.7. The summed E-state index contributed by atoms with van der Waals surface area (Å²) in [7, 11) is 0. The minimum Gasteiger partial charge on any atom is -0.465 e. The van der Waals surface area contributed by atoms with Crippen LogP contribution in [0.2, 0.25) is 0 Å². The van der Waals surface area contributed by atoms with E-state index in [0.29, 0.717) is 24.9 Å². The Balaban J connectivity index is 3.76. The maximum absolute atomic E-state index is 11.6. The van der Waals surface area contributed by atoms with Crippen molar-refractivity contribution >= 4 is 5.97 Å². The molecule has 2 heteroatoms. The maximum atomic E-state index is 11.6. The molecule has 0 rings (SSSR count). The van der Waals surface area contributed by atoms with Crippen molar-refractivity contribution in [3.63, 3.8) is 0 Å². The first kappa shape index (κ1) is 17.5. The minimum absolute atomic E-state index is 0.0136. The fourth-order valence-corrected chi connectivity index (χ4v) is 2.09. The van der Waals surface area contributed by atoms with Crippen LogP contribution in [0.3, 0.4) is 0 Å². The summed E-state index contributed by atoms with van der Waals surface area (Å²) < 4.78 is 5.40. The highest BCUT2D eigenvalue weighted by Crippen LogP contribution is 2.16. The summed E-state index contributed by atoms with van der Waals surface area (Å²) in [4.78, 5) is 11.6. The van der Waals surface area contributed by atoms with Crippen LogP contribution in [0.1, 0.15) is 79.1 Å². The van der Waals surface area contributed by atoms with E-state index >= 15 is 0 Å². The molecule has 0 spiro atoms. The number of esters is 1. The second-order valence-corrected chi connectivity index (χ2v) is 5.77. The second kappa shape index (κ2) is 11.6. The van der Waals surface area contributed by atoms with Crippen molar-refractivity contribution in [3.05, 3.63) is 0 Å². The molecule has 0 aliphatic carbocycles. The van der Waals surface area contributed by atoms with Crippen LogP contribution in [0.15, 0.2) is 0 Å². The maximum Gasteiger partial charge on any atom is 0.305 e. The van der Waals surface area contributed by atoms with Gasteiger partial charge in [-0.3, -0.25) is 4.79 Å². The highest BCUT2D eigenvalue weighted by Gasteiger charge is 2.11. The third-order valence-corrected chi connectivity index (χ3v) is 3.32. The van der Waals surface area contributed by atoms with Gasteiger partial charge < -0.3 is 4.74 Å². The molecule has 2 nitrogen and oxygen atoms in total. The van der Waals surface area contributed by atoms with Crippen LogP contribution in [0.25, 0.3) is 0 Å². The summed E-state index contributed by atoms with van der Waals surface area (Å²) in [5.74, 6) is 1.14. The molecule has 0 saturated carbocycles. The standard InChI is InChI=1S/C16H32O2/c1-5-7-8-10-15(9-6-2)13-18-16(17)12-11-14(3)4/h14-15H,5-13H2,1-4H3. The minimum atomic E-state index is -0.0136. The Morgan fingerprint density at radius 2 is 1.72 bits per heavy atom. The number of carbonyl (C=O) groups excluding carboxylic acids is 1. The molecule has 0 amide bonds. The van der Waals surface area contributed by atoms with E-state index in [1.807, 2.05) is 0 Å². The lowest BCUT2D eigenvalue weighted by Crippen LogP contribution is -2.14. The smallest absolute Gasteiger partial charge is 0.305 e. The monoisotopic (exact) mass is 256 g/mol. The van der Waals surface area contributed by atoms with Crippen LogP contribution >= 0.6 is 0 Å². The van der Waals surface area contributed by atoms with Crippen molar-refractivity contribution < 1.29 is 9.53 Å². The number of hydrogen-bond donors (Lipinski definition) is 0. The summed E-state index contributed by atoms with van der Waals surface area (Å²) >= 11 is 0. The summed E-state index contributed by atoms with van der Waals surface area (Å²) in [5, 5.41) is 0. The van der Waals surface area contributed by atoms with Crippen LogP contribution in [0.4, 0.5) is 0 Å². The zero-order valence-electron chi connectivity index (χ0n) is 12.8. The molecule has 0 aromatic rings. The van der Waals surface area contributed by atoms with Crippen molar-refractivity contribution in [1.29, 1.82) is 0 Å². The Labute approximate surface area is 113 Å². The summed E-state index contributed by atoms with van der Waals surface area (Å²) in [5.41, 5.74) is 0. The van der Waals surface area contributed by atoms with Gasteiger partial charge in [0.1, 0.15) is 0 Å². The Kier molecular flexibility index (Phi) is 11.2. The van der Waals surface area contributed by atoms with Gasteiger partial charge in [-0.05, 0) is 31.1 Å². The van der Waals surface area contributed by atoms with E-state index in [4.69, 9.17) is 4.74 Å². The van der Waals surface area contributed by atoms with Crippen molar-refractivity contribution in [2.24, 2.45) is 11.8 Å². The van der Waals surface area contributed by atoms with Crippen molar-refractivity contribution in [3.8, 4) is 0 Å². The molecule has 0 bridgehead atoms. The molecule has 0 heterocycles. The summed E-state index contributed by atoms with van der Waals surface area (Å²) in [6.45, 7) is 9.33. The highest BCUT2D eigenvalue weighted by molar-refractivity contribution is 5.69. The molecule has 0 N–H and O–H groups in total. The van der Waals surface area contributed by atoms with Gasteiger partial charge in [0.05, 0.1) is 6.61 Å². The Bertz CT molecular complexity index is 199.